The minimum atomic E-state index is -0.132. The average molecular weight is 381 g/mol. The maximum absolute atomic E-state index is 12.9. The molecule has 0 spiro atoms. The molecule has 3 rings (SSSR count). The van der Waals surface area contributed by atoms with Crippen molar-refractivity contribution in [1.82, 2.24) is 4.57 Å². The summed E-state index contributed by atoms with van der Waals surface area (Å²) < 4.78 is 17.7. The zero-order valence-corrected chi connectivity index (χ0v) is 16.4. The van der Waals surface area contributed by atoms with Gasteiger partial charge in [-0.25, -0.2) is 0 Å². The lowest BCUT2D eigenvalue weighted by Crippen LogP contribution is -2.04. The fourth-order valence-electron chi connectivity index (χ4n) is 3.19. The molecule has 0 aliphatic heterocycles. The van der Waals surface area contributed by atoms with Gasteiger partial charge in [-0.2, -0.15) is 0 Å². The van der Waals surface area contributed by atoms with Gasteiger partial charge in [0.2, 0.25) is 5.75 Å². The third kappa shape index (κ3) is 3.59. The monoisotopic (exact) mass is 381 g/mol. The van der Waals surface area contributed by atoms with E-state index in [-0.39, 0.29) is 12.5 Å². The lowest BCUT2D eigenvalue weighted by atomic mass is 10.0. The number of aliphatic hydroxyl groups is 1. The van der Waals surface area contributed by atoms with Gasteiger partial charge in [-0.3, -0.25) is 4.79 Å². The number of hydrogen-bond donors (Lipinski definition) is 1. The molecule has 0 unspecified atom stereocenters. The SMILES string of the molecule is COc1cc(C(=O)C(C)=Cc2ccc3c(ccn3CO)c2)cc(OC)c1OC. The van der Waals surface area contributed by atoms with Crippen molar-refractivity contribution >= 4 is 22.8 Å². The van der Waals surface area contributed by atoms with E-state index in [4.69, 9.17) is 14.2 Å². The molecule has 6 heteroatoms. The molecule has 146 valence electrons. The fraction of sp³-hybridized carbons (Fsp3) is 0.227. The number of ketones is 1. The Kier molecular flexibility index (Phi) is 5.70. The molecule has 1 N–H and O–H groups in total. The van der Waals surface area contributed by atoms with Crippen LogP contribution in [0.2, 0.25) is 0 Å². The van der Waals surface area contributed by atoms with Gasteiger partial charge in [0.05, 0.1) is 21.3 Å². The summed E-state index contributed by atoms with van der Waals surface area (Å²) in [4.78, 5) is 12.9. The lowest BCUT2D eigenvalue weighted by molar-refractivity contribution is 0.103. The summed E-state index contributed by atoms with van der Waals surface area (Å²) in [5, 5.41) is 10.3. The van der Waals surface area contributed by atoms with Gasteiger partial charge >= 0.3 is 0 Å². The first-order chi connectivity index (χ1) is 13.5. The van der Waals surface area contributed by atoms with Gasteiger partial charge in [0.15, 0.2) is 17.3 Å². The van der Waals surface area contributed by atoms with E-state index in [0.717, 1.165) is 16.5 Å². The highest BCUT2D eigenvalue weighted by molar-refractivity contribution is 6.11. The van der Waals surface area contributed by atoms with Crippen LogP contribution in [0.3, 0.4) is 0 Å². The number of rotatable bonds is 7. The molecular weight excluding hydrogens is 358 g/mol. The van der Waals surface area contributed by atoms with Gasteiger partial charge < -0.3 is 23.9 Å². The first-order valence-electron chi connectivity index (χ1n) is 8.75. The number of nitrogens with zero attached hydrogens (tertiary/aromatic N) is 1. The Bertz CT molecular complexity index is 1020. The fourth-order valence-corrected chi connectivity index (χ4v) is 3.19. The molecule has 0 bridgehead atoms. The van der Waals surface area contributed by atoms with Crippen molar-refractivity contribution in [2.24, 2.45) is 0 Å². The predicted molar refractivity (Wildman–Crippen MR) is 108 cm³/mol. The zero-order chi connectivity index (χ0) is 20.3. The molecule has 1 aromatic heterocycles. The van der Waals surface area contributed by atoms with E-state index < -0.39 is 0 Å². The number of fused-ring (bicyclic) bond motifs is 1. The molecule has 2 aromatic carbocycles. The van der Waals surface area contributed by atoms with Gasteiger partial charge in [-0.15, -0.1) is 0 Å². The molecule has 0 saturated carbocycles. The topological polar surface area (TPSA) is 69.9 Å². The van der Waals surface area contributed by atoms with Crippen molar-refractivity contribution in [2.75, 3.05) is 21.3 Å². The average Bonchev–Trinajstić information content (AvgIpc) is 3.14. The number of aliphatic hydroxyl groups excluding tert-OH is 1. The number of allylic oxidation sites excluding steroid dienone is 1. The summed E-state index contributed by atoms with van der Waals surface area (Å²) in [5.74, 6) is 1.18. The number of carbonyl (C=O) groups is 1. The molecule has 0 radical (unpaired) electrons. The largest absolute Gasteiger partial charge is 0.493 e. The summed E-state index contributed by atoms with van der Waals surface area (Å²) in [6, 6.07) is 11.0. The van der Waals surface area contributed by atoms with Gasteiger partial charge in [0, 0.05) is 22.7 Å². The highest BCUT2D eigenvalue weighted by atomic mass is 16.5. The van der Waals surface area contributed by atoms with Crippen molar-refractivity contribution in [3.63, 3.8) is 0 Å². The number of ether oxygens (including phenoxy) is 3. The number of hydrogen-bond acceptors (Lipinski definition) is 5. The number of carbonyl (C=O) groups excluding carboxylic acids is 1. The standard InChI is InChI=1S/C22H23NO5/c1-14(9-15-5-6-18-16(10-15)7-8-23(18)13-24)21(25)17-11-19(26-2)22(28-4)20(12-17)27-3/h5-12,24H,13H2,1-4H3. The van der Waals surface area contributed by atoms with Crippen LogP contribution in [0, 0.1) is 0 Å². The second-order valence-electron chi connectivity index (χ2n) is 6.32. The summed E-state index contributed by atoms with van der Waals surface area (Å²) in [7, 11) is 4.55. The molecule has 0 fully saturated rings. The minimum Gasteiger partial charge on any atom is -0.493 e. The number of benzene rings is 2. The number of Topliss-reactive ketones (excluding diaryl/α,β-unsaturated/α-hetero) is 1. The van der Waals surface area contributed by atoms with Crippen molar-refractivity contribution in [3.05, 3.63) is 59.3 Å². The molecule has 0 saturated heterocycles. The Labute approximate surface area is 163 Å². The Balaban J connectivity index is 1.96. The summed E-state index contributed by atoms with van der Waals surface area (Å²) in [6.07, 6.45) is 3.66. The van der Waals surface area contributed by atoms with E-state index >= 15 is 0 Å². The van der Waals surface area contributed by atoms with Gasteiger partial charge in [0.1, 0.15) is 6.73 Å². The van der Waals surface area contributed by atoms with Gasteiger partial charge in [-0.1, -0.05) is 6.07 Å². The van der Waals surface area contributed by atoms with Crippen LogP contribution in [0.1, 0.15) is 22.8 Å². The van der Waals surface area contributed by atoms with Crippen molar-refractivity contribution in [3.8, 4) is 17.2 Å². The molecule has 6 nitrogen and oxygen atoms in total. The molecule has 0 aliphatic carbocycles. The van der Waals surface area contributed by atoms with Crippen LogP contribution in [0.25, 0.3) is 17.0 Å². The minimum absolute atomic E-state index is 0.0721. The zero-order valence-electron chi connectivity index (χ0n) is 16.4. The normalized spacial score (nSPS) is 11.5. The Morgan fingerprint density at radius 2 is 1.71 bits per heavy atom. The number of aromatic nitrogens is 1. The molecule has 0 aliphatic rings. The third-order valence-electron chi connectivity index (χ3n) is 4.62. The van der Waals surface area contributed by atoms with Crippen LogP contribution in [0.15, 0.2) is 48.2 Å². The quantitative estimate of drug-likeness (QED) is 0.496. The molecule has 28 heavy (non-hydrogen) atoms. The van der Waals surface area contributed by atoms with Crippen LogP contribution < -0.4 is 14.2 Å². The van der Waals surface area contributed by atoms with Crippen LogP contribution in [0.5, 0.6) is 17.2 Å². The van der Waals surface area contributed by atoms with E-state index in [1.165, 1.54) is 21.3 Å². The van der Waals surface area contributed by atoms with Crippen molar-refractivity contribution in [2.45, 2.75) is 13.7 Å². The van der Waals surface area contributed by atoms with Gasteiger partial charge in [0.25, 0.3) is 0 Å². The van der Waals surface area contributed by atoms with E-state index in [1.54, 1.807) is 23.6 Å². The van der Waals surface area contributed by atoms with Crippen LogP contribution >= 0.6 is 0 Å². The van der Waals surface area contributed by atoms with E-state index in [0.29, 0.717) is 28.4 Å². The maximum atomic E-state index is 12.9. The van der Waals surface area contributed by atoms with Gasteiger partial charge in [-0.05, 0) is 54.5 Å². The Morgan fingerprint density at radius 1 is 1.04 bits per heavy atom. The summed E-state index contributed by atoms with van der Waals surface area (Å²) >= 11 is 0. The molecular formula is C22H23NO5. The highest BCUT2D eigenvalue weighted by Gasteiger charge is 2.18. The maximum Gasteiger partial charge on any atom is 0.203 e. The second-order valence-corrected chi connectivity index (χ2v) is 6.32. The van der Waals surface area contributed by atoms with Crippen LogP contribution in [0.4, 0.5) is 0 Å². The highest BCUT2D eigenvalue weighted by Crippen LogP contribution is 2.38. The van der Waals surface area contributed by atoms with Crippen molar-refractivity contribution in [1.29, 1.82) is 0 Å². The lowest BCUT2D eigenvalue weighted by Gasteiger charge is -2.13. The molecule has 0 atom stereocenters. The first kappa shape index (κ1) is 19.5. The van der Waals surface area contributed by atoms with E-state index in [9.17, 15) is 9.90 Å². The summed E-state index contributed by atoms with van der Waals surface area (Å²) in [5.41, 5.74) is 2.88. The van der Waals surface area contributed by atoms with Crippen molar-refractivity contribution < 1.29 is 24.1 Å². The second kappa shape index (κ2) is 8.19. The molecule has 0 amide bonds. The Morgan fingerprint density at radius 3 is 2.29 bits per heavy atom. The Hall–Kier alpha value is -3.25. The first-order valence-corrected chi connectivity index (χ1v) is 8.75. The van der Waals surface area contributed by atoms with E-state index in [2.05, 4.69) is 0 Å². The van der Waals surface area contributed by atoms with Crippen LogP contribution in [-0.2, 0) is 6.73 Å². The van der Waals surface area contributed by atoms with E-state index in [1.807, 2.05) is 36.5 Å². The number of methoxy groups -OCH3 is 3. The molecule has 1 heterocycles. The molecule has 3 aromatic rings. The smallest absolute Gasteiger partial charge is 0.203 e. The van der Waals surface area contributed by atoms with Crippen LogP contribution in [-0.4, -0.2) is 36.8 Å². The third-order valence-corrected chi connectivity index (χ3v) is 4.62. The summed E-state index contributed by atoms with van der Waals surface area (Å²) in [6.45, 7) is 1.70. The predicted octanol–water partition coefficient (Wildman–Crippen LogP) is 3.90.